The number of rotatable bonds is 6. The lowest BCUT2D eigenvalue weighted by molar-refractivity contribution is -0.127. The molecule has 0 heterocycles. The number of aryl methyl sites for hydroxylation is 1. The quantitative estimate of drug-likeness (QED) is 0.427. The fourth-order valence-corrected chi connectivity index (χ4v) is 1.98. The number of benzene rings is 1. The molecule has 0 fully saturated rings. The molecule has 1 aromatic carbocycles. The highest BCUT2D eigenvalue weighted by molar-refractivity contribution is 14.0. The topological polar surface area (TPSA) is 47.9 Å². The summed E-state index contributed by atoms with van der Waals surface area (Å²) in [7, 11) is 5.46. The first kappa shape index (κ1) is 21.7. The van der Waals surface area contributed by atoms with E-state index in [9.17, 15) is 4.79 Å². The van der Waals surface area contributed by atoms with E-state index in [4.69, 9.17) is 0 Å². The van der Waals surface area contributed by atoms with E-state index in [1.165, 1.54) is 11.1 Å². The van der Waals surface area contributed by atoms with E-state index < -0.39 is 0 Å². The summed E-state index contributed by atoms with van der Waals surface area (Å²) in [5.41, 5.74) is 2.56. The highest BCUT2D eigenvalue weighted by atomic mass is 127. The third kappa shape index (κ3) is 7.67. The van der Waals surface area contributed by atoms with Crippen LogP contribution in [-0.4, -0.2) is 55.9 Å². The average Bonchev–Trinajstić information content (AvgIpc) is 2.51. The first-order valence-corrected chi connectivity index (χ1v) is 7.75. The van der Waals surface area contributed by atoms with Gasteiger partial charge >= 0.3 is 0 Å². The molecule has 0 saturated carbocycles. The Morgan fingerprint density at radius 2 is 1.65 bits per heavy atom. The van der Waals surface area contributed by atoms with E-state index in [1.807, 2.05) is 18.9 Å². The molecular weight excluding hydrogens is 403 g/mol. The normalized spacial score (nSPS) is 10.7. The zero-order chi connectivity index (χ0) is 16.5. The van der Waals surface area contributed by atoms with E-state index in [-0.39, 0.29) is 36.4 Å². The SMILES string of the molecule is CCNC(=NCC(=O)N(C)C)N(C)Cc1ccc(CC)cc1.I. The van der Waals surface area contributed by atoms with Crippen LogP contribution in [0.3, 0.4) is 0 Å². The molecule has 0 saturated heterocycles. The highest BCUT2D eigenvalue weighted by Crippen LogP contribution is 2.07. The molecule has 0 atom stereocenters. The average molecular weight is 432 g/mol. The predicted octanol–water partition coefficient (Wildman–Crippen LogP) is 2.35. The van der Waals surface area contributed by atoms with Crippen molar-refractivity contribution in [1.29, 1.82) is 0 Å². The van der Waals surface area contributed by atoms with Gasteiger partial charge in [-0.15, -0.1) is 24.0 Å². The maximum Gasteiger partial charge on any atom is 0.243 e. The van der Waals surface area contributed by atoms with Crippen LogP contribution in [0.1, 0.15) is 25.0 Å². The monoisotopic (exact) mass is 432 g/mol. The Morgan fingerprint density at radius 1 is 1.09 bits per heavy atom. The minimum absolute atomic E-state index is 0. The largest absolute Gasteiger partial charge is 0.357 e. The van der Waals surface area contributed by atoms with E-state index >= 15 is 0 Å². The lowest BCUT2D eigenvalue weighted by Gasteiger charge is -2.22. The summed E-state index contributed by atoms with van der Waals surface area (Å²) in [5, 5.41) is 3.22. The molecule has 0 unspecified atom stereocenters. The van der Waals surface area contributed by atoms with Crippen molar-refractivity contribution in [2.45, 2.75) is 26.8 Å². The van der Waals surface area contributed by atoms with Gasteiger partial charge in [0.2, 0.25) is 5.91 Å². The van der Waals surface area contributed by atoms with Gasteiger partial charge in [0, 0.05) is 34.2 Å². The lowest BCUT2D eigenvalue weighted by Crippen LogP contribution is -2.39. The van der Waals surface area contributed by atoms with Crippen LogP contribution >= 0.6 is 24.0 Å². The number of carbonyl (C=O) groups is 1. The van der Waals surface area contributed by atoms with Crippen molar-refractivity contribution in [2.75, 3.05) is 34.2 Å². The van der Waals surface area contributed by atoms with Crippen molar-refractivity contribution in [3.8, 4) is 0 Å². The molecule has 23 heavy (non-hydrogen) atoms. The number of carbonyl (C=O) groups excluding carboxylic acids is 1. The van der Waals surface area contributed by atoms with Gasteiger partial charge in [-0.3, -0.25) is 4.79 Å². The highest BCUT2D eigenvalue weighted by Gasteiger charge is 2.09. The van der Waals surface area contributed by atoms with E-state index in [2.05, 4.69) is 41.5 Å². The molecule has 1 N–H and O–H groups in total. The number of halogens is 1. The third-order valence-corrected chi connectivity index (χ3v) is 3.41. The second-order valence-corrected chi connectivity index (χ2v) is 5.48. The Morgan fingerprint density at radius 3 is 2.13 bits per heavy atom. The van der Waals surface area contributed by atoms with Crippen LogP contribution in [0.5, 0.6) is 0 Å². The first-order chi connectivity index (χ1) is 10.5. The van der Waals surface area contributed by atoms with Crippen molar-refractivity contribution >= 4 is 35.8 Å². The molecule has 1 rings (SSSR count). The summed E-state index contributed by atoms with van der Waals surface area (Å²) in [6.07, 6.45) is 1.05. The number of nitrogens with one attached hydrogen (secondary N) is 1. The van der Waals surface area contributed by atoms with Crippen LogP contribution in [0.15, 0.2) is 29.3 Å². The van der Waals surface area contributed by atoms with E-state index in [1.54, 1.807) is 19.0 Å². The first-order valence-electron chi connectivity index (χ1n) is 7.75. The maximum atomic E-state index is 11.7. The molecule has 5 nitrogen and oxygen atoms in total. The van der Waals surface area contributed by atoms with Crippen LogP contribution in [0.25, 0.3) is 0 Å². The van der Waals surface area contributed by atoms with Crippen molar-refractivity contribution in [1.82, 2.24) is 15.1 Å². The molecule has 0 aromatic heterocycles. The minimum atomic E-state index is -0.00361. The maximum absolute atomic E-state index is 11.7. The second-order valence-electron chi connectivity index (χ2n) is 5.48. The van der Waals surface area contributed by atoms with Crippen LogP contribution in [0.4, 0.5) is 0 Å². The smallest absolute Gasteiger partial charge is 0.243 e. The van der Waals surface area contributed by atoms with Gasteiger partial charge in [0.05, 0.1) is 0 Å². The second kappa shape index (κ2) is 11.3. The van der Waals surface area contributed by atoms with Crippen LogP contribution < -0.4 is 5.32 Å². The summed E-state index contributed by atoms with van der Waals surface area (Å²) in [6.45, 7) is 5.86. The molecule has 0 aliphatic heterocycles. The molecule has 0 aliphatic rings. The molecule has 1 aromatic rings. The van der Waals surface area contributed by atoms with Gasteiger partial charge in [0.1, 0.15) is 6.54 Å². The number of nitrogens with zero attached hydrogens (tertiary/aromatic N) is 3. The van der Waals surface area contributed by atoms with E-state index in [0.29, 0.717) is 0 Å². The summed E-state index contributed by atoms with van der Waals surface area (Å²) >= 11 is 0. The van der Waals surface area contributed by atoms with Gasteiger partial charge in [-0.05, 0) is 24.5 Å². The summed E-state index contributed by atoms with van der Waals surface area (Å²) in [4.78, 5) is 19.7. The van der Waals surface area contributed by atoms with Gasteiger partial charge in [0.15, 0.2) is 5.96 Å². The molecule has 0 radical (unpaired) electrons. The van der Waals surface area contributed by atoms with Crippen LogP contribution in [0.2, 0.25) is 0 Å². The zero-order valence-electron chi connectivity index (χ0n) is 14.8. The number of likely N-dealkylation sites (N-methyl/N-ethyl adjacent to an activating group) is 1. The molecular formula is C17H29IN4O. The minimum Gasteiger partial charge on any atom is -0.357 e. The summed E-state index contributed by atoms with van der Waals surface area (Å²) in [5.74, 6) is 0.744. The van der Waals surface area contributed by atoms with Gasteiger partial charge in [-0.2, -0.15) is 0 Å². The number of guanidine groups is 1. The molecule has 130 valence electrons. The molecule has 1 amide bonds. The van der Waals surface area contributed by atoms with Gasteiger partial charge in [-0.25, -0.2) is 4.99 Å². The van der Waals surface area contributed by atoms with Crippen molar-refractivity contribution in [3.63, 3.8) is 0 Å². The molecule has 0 spiro atoms. The number of hydrogen-bond acceptors (Lipinski definition) is 2. The Labute approximate surface area is 157 Å². The third-order valence-electron chi connectivity index (χ3n) is 3.41. The van der Waals surface area contributed by atoms with Crippen LogP contribution in [0, 0.1) is 0 Å². The van der Waals surface area contributed by atoms with Crippen LogP contribution in [-0.2, 0) is 17.8 Å². The Kier molecular flexibility index (Phi) is 10.6. The number of amides is 1. The fraction of sp³-hybridized carbons (Fsp3) is 0.529. The Hall–Kier alpha value is -1.31. The lowest BCUT2D eigenvalue weighted by atomic mass is 10.1. The zero-order valence-corrected chi connectivity index (χ0v) is 17.1. The summed E-state index contributed by atoms with van der Waals surface area (Å²) in [6, 6.07) is 8.60. The van der Waals surface area contributed by atoms with Crippen molar-refractivity contribution in [3.05, 3.63) is 35.4 Å². The molecule has 0 bridgehead atoms. The Bertz CT molecular complexity index is 500. The van der Waals surface area contributed by atoms with Gasteiger partial charge < -0.3 is 15.1 Å². The molecule has 0 aliphatic carbocycles. The predicted molar refractivity (Wildman–Crippen MR) is 107 cm³/mol. The van der Waals surface area contributed by atoms with E-state index in [0.717, 1.165) is 25.5 Å². The number of aliphatic imine (C=N–C) groups is 1. The van der Waals surface area contributed by atoms with Crippen molar-refractivity contribution in [2.24, 2.45) is 4.99 Å². The van der Waals surface area contributed by atoms with Gasteiger partial charge in [0.25, 0.3) is 0 Å². The van der Waals surface area contributed by atoms with Gasteiger partial charge in [-0.1, -0.05) is 31.2 Å². The standard InChI is InChI=1S/C17H28N4O.HI/c1-6-14-8-10-15(11-9-14)13-21(5)17(18-7-2)19-12-16(22)20(3)4;/h8-11H,6-7,12-13H2,1-5H3,(H,18,19);1H. The fourth-order valence-electron chi connectivity index (χ4n) is 1.98. The van der Waals surface area contributed by atoms with Crippen molar-refractivity contribution < 1.29 is 4.79 Å². The molecule has 6 heteroatoms. The summed E-state index contributed by atoms with van der Waals surface area (Å²) < 4.78 is 0. The Balaban J connectivity index is 0.00000484. The number of hydrogen-bond donors (Lipinski definition) is 1.